The first-order valence-electron chi connectivity index (χ1n) is 8.89. The van der Waals surface area contributed by atoms with Gasteiger partial charge >= 0.3 is 12.2 Å². The van der Waals surface area contributed by atoms with Crippen molar-refractivity contribution in [3.05, 3.63) is 71.6 Å². The Bertz CT molecular complexity index is 1110. The third-order valence-electron chi connectivity index (χ3n) is 4.83. The van der Waals surface area contributed by atoms with Crippen LogP contribution in [0.5, 0.6) is 0 Å². The molecule has 1 N–H and O–H groups in total. The topological polar surface area (TPSA) is 88.3 Å². The molecule has 1 aliphatic heterocycles. The molecule has 0 bridgehead atoms. The summed E-state index contributed by atoms with van der Waals surface area (Å²) in [5.74, 6) is -0.669. The molecule has 1 atom stereocenters. The van der Waals surface area contributed by atoms with E-state index in [0.29, 0.717) is 5.56 Å². The Labute approximate surface area is 168 Å². The Morgan fingerprint density at radius 2 is 1.70 bits per heavy atom. The molecular formula is C20H15F3N4O3. The van der Waals surface area contributed by atoms with Crippen LogP contribution in [-0.4, -0.2) is 27.0 Å². The minimum Gasteiger partial charge on any atom is -0.419 e. The van der Waals surface area contributed by atoms with Gasteiger partial charge < -0.3 is 9.73 Å². The van der Waals surface area contributed by atoms with Crippen molar-refractivity contribution in [3.63, 3.8) is 0 Å². The molecular weight excluding hydrogens is 401 g/mol. The maximum atomic E-state index is 13.4. The van der Waals surface area contributed by atoms with E-state index in [1.54, 1.807) is 24.3 Å². The molecule has 10 heteroatoms. The maximum Gasteiger partial charge on any atom is 0.416 e. The lowest BCUT2D eigenvalue weighted by Crippen LogP contribution is -2.42. The third kappa shape index (κ3) is 3.30. The Kier molecular flexibility index (Phi) is 4.56. The molecule has 7 nitrogen and oxygen atoms in total. The number of hydrogen-bond donors (Lipinski definition) is 1. The summed E-state index contributed by atoms with van der Waals surface area (Å²) in [6.07, 6.45) is -4.69. The van der Waals surface area contributed by atoms with Gasteiger partial charge in [-0.2, -0.15) is 13.2 Å². The number of amides is 3. The standard InChI is InChI=1S/C20H15F3N4O3/c1-19(13-9-5-6-10-14(13)20(21,22)23)17(28)27(18(29)24-19)11-15-25-26-16(30-15)12-7-3-2-4-8-12/h2-10H,11H2,1H3,(H,24,29)/t19-/m0/s1. The molecule has 1 aliphatic rings. The molecule has 0 aliphatic carbocycles. The van der Waals surface area contributed by atoms with Gasteiger partial charge in [0.1, 0.15) is 12.1 Å². The van der Waals surface area contributed by atoms with Crippen molar-refractivity contribution in [2.75, 3.05) is 0 Å². The Balaban J connectivity index is 1.62. The van der Waals surface area contributed by atoms with Gasteiger partial charge in [-0.25, -0.2) is 4.79 Å². The first kappa shape index (κ1) is 19.6. The van der Waals surface area contributed by atoms with Crippen molar-refractivity contribution in [3.8, 4) is 11.5 Å². The molecule has 2 aromatic carbocycles. The Hall–Kier alpha value is -3.69. The van der Waals surface area contributed by atoms with E-state index in [1.165, 1.54) is 25.1 Å². The number of benzene rings is 2. The Morgan fingerprint density at radius 1 is 1.03 bits per heavy atom. The van der Waals surface area contributed by atoms with Crippen molar-refractivity contribution in [2.24, 2.45) is 0 Å². The number of rotatable bonds is 4. The smallest absolute Gasteiger partial charge is 0.416 e. The molecule has 3 amide bonds. The van der Waals surface area contributed by atoms with E-state index < -0.39 is 29.2 Å². The zero-order valence-electron chi connectivity index (χ0n) is 15.6. The van der Waals surface area contributed by atoms with Gasteiger partial charge in [0, 0.05) is 5.56 Å². The number of alkyl halides is 3. The van der Waals surface area contributed by atoms with Crippen LogP contribution in [0.25, 0.3) is 11.5 Å². The number of aromatic nitrogens is 2. The summed E-state index contributed by atoms with van der Waals surface area (Å²) in [5.41, 5.74) is -2.57. The normalized spacial score (nSPS) is 19.3. The predicted molar refractivity (Wildman–Crippen MR) is 97.6 cm³/mol. The van der Waals surface area contributed by atoms with E-state index in [2.05, 4.69) is 15.5 Å². The second kappa shape index (κ2) is 6.97. The highest BCUT2D eigenvalue weighted by atomic mass is 19.4. The monoisotopic (exact) mass is 416 g/mol. The summed E-state index contributed by atoms with van der Waals surface area (Å²) in [6.45, 7) is 0.870. The lowest BCUT2D eigenvalue weighted by molar-refractivity contribution is -0.140. The van der Waals surface area contributed by atoms with Crippen LogP contribution in [-0.2, 0) is 23.1 Å². The molecule has 1 fully saturated rings. The molecule has 2 heterocycles. The summed E-state index contributed by atoms with van der Waals surface area (Å²) in [7, 11) is 0. The van der Waals surface area contributed by atoms with Gasteiger partial charge in [0.05, 0.1) is 5.56 Å². The molecule has 4 rings (SSSR count). The first-order valence-corrected chi connectivity index (χ1v) is 8.89. The van der Waals surface area contributed by atoms with Crippen LogP contribution in [0.4, 0.5) is 18.0 Å². The van der Waals surface area contributed by atoms with Crippen molar-refractivity contribution in [2.45, 2.75) is 25.2 Å². The van der Waals surface area contributed by atoms with Crippen LogP contribution >= 0.6 is 0 Å². The molecule has 0 saturated carbocycles. The van der Waals surface area contributed by atoms with Crippen LogP contribution in [0.3, 0.4) is 0 Å². The summed E-state index contributed by atoms with van der Waals surface area (Å²) in [5, 5.41) is 10.1. The number of urea groups is 1. The largest absolute Gasteiger partial charge is 0.419 e. The molecule has 0 radical (unpaired) electrons. The fourth-order valence-electron chi connectivity index (χ4n) is 3.34. The highest BCUT2D eigenvalue weighted by Crippen LogP contribution is 2.39. The molecule has 0 spiro atoms. The number of carbonyl (C=O) groups is 2. The van der Waals surface area contributed by atoms with Gasteiger partial charge in [-0.15, -0.1) is 10.2 Å². The number of hydrogen-bond acceptors (Lipinski definition) is 5. The maximum absolute atomic E-state index is 13.4. The zero-order valence-corrected chi connectivity index (χ0v) is 15.6. The number of nitrogens with one attached hydrogen (secondary N) is 1. The molecule has 154 valence electrons. The van der Waals surface area contributed by atoms with E-state index in [1.807, 2.05) is 6.07 Å². The van der Waals surface area contributed by atoms with E-state index in [0.717, 1.165) is 11.0 Å². The van der Waals surface area contributed by atoms with Crippen molar-refractivity contribution in [1.29, 1.82) is 0 Å². The van der Waals surface area contributed by atoms with Crippen molar-refractivity contribution >= 4 is 11.9 Å². The van der Waals surface area contributed by atoms with Crippen LogP contribution in [0.1, 0.15) is 23.9 Å². The minimum atomic E-state index is -4.69. The second-order valence-corrected chi connectivity index (χ2v) is 6.86. The summed E-state index contributed by atoms with van der Waals surface area (Å²) in [6, 6.07) is 12.6. The SMILES string of the molecule is C[C@@]1(c2ccccc2C(F)(F)F)NC(=O)N(Cc2nnc(-c3ccccc3)o2)C1=O. The van der Waals surface area contributed by atoms with E-state index in [4.69, 9.17) is 4.42 Å². The van der Waals surface area contributed by atoms with Gasteiger partial charge in [-0.1, -0.05) is 36.4 Å². The fourth-order valence-corrected chi connectivity index (χ4v) is 3.34. The summed E-state index contributed by atoms with van der Waals surface area (Å²) < 4.78 is 45.8. The molecule has 1 saturated heterocycles. The number of carbonyl (C=O) groups excluding carboxylic acids is 2. The van der Waals surface area contributed by atoms with Crippen LogP contribution in [0.2, 0.25) is 0 Å². The fraction of sp³-hybridized carbons (Fsp3) is 0.200. The third-order valence-corrected chi connectivity index (χ3v) is 4.83. The average Bonchev–Trinajstić information content (AvgIpc) is 3.27. The first-order chi connectivity index (χ1) is 14.2. The molecule has 0 unspecified atom stereocenters. The van der Waals surface area contributed by atoms with Crippen molar-refractivity contribution < 1.29 is 27.2 Å². The number of halogens is 3. The lowest BCUT2D eigenvalue weighted by atomic mass is 9.88. The quantitative estimate of drug-likeness (QED) is 0.655. The van der Waals surface area contributed by atoms with Gasteiger partial charge in [-0.3, -0.25) is 9.69 Å². The predicted octanol–water partition coefficient (Wildman–Crippen LogP) is 3.72. The number of imide groups is 1. The summed E-state index contributed by atoms with van der Waals surface area (Å²) in [4.78, 5) is 26.2. The average molecular weight is 416 g/mol. The van der Waals surface area contributed by atoms with E-state index in [9.17, 15) is 22.8 Å². The molecule has 3 aromatic rings. The number of nitrogens with zero attached hydrogens (tertiary/aromatic N) is 3. The Morgan fingerprint density at radius 3 is 2.40 bits per heavy atom. The van der Waals surface area contributed by atoms with E-state index >= 15 is 0 Å². The minimum absolute atomic E-state index is 0.0225. The second-order valence-electron chi connectivity index (χ2n) is 6.86. The van der Waals surface area contributed by atoms with Crippen LogP contribution in [0, 0.1) is 0 Å². The van der Waals surface area contributed by atoms with Crippen LogP contribution < -0.4 is 5.32 Å². The molecule has 1 aromatic heterocycles. The highest BCUT2D eigenvalue weighted by Gasteiger charge is 2.52. The molecule has 30 heavy (non-hydrogen) atoms. The van der Waals surface area contributed by atoms with Gasteiger partial charge in [0.15, 0.2) is 0 Å². The van der Waals surface area contributed by atoms with Gasteiger partial charge in [0.25, 0.3) is 5.91 Å². The van der Waals surface area contributed by atoms with Crippen LogP contribution in [0.15, 0.2) is 59.0 Å². The van der Waals surface area contributed by atoms with E-state index in [-0.39, 0.29) is 23.9 Å². The highest BCUT2D eigenvalue weighted by molar-refractivity contribution is 6.07. The lowest BCUT2D eigenvalue weighted by Gasteiger charge is -2.25. The van der Waals surface area contributed by atoms with Gasteiger partial charge in [-0.05, 0) is 30.7 Å². The van der Waals surface area contributed by atoms with Crippen molar-refractivity contribution in [1.82, 2.24) is 20.4 Å². The summed E-state index contributed by atoms with van der Waals surface area (Å²) >= 11 is 0. The van der Waals surface area contributed by atoms with Gasteiger partial charge in [0.2, 0.25) is 11.8 Å². The zero-order chi connectivity index (χ0) is 21.5.